The van der Waals surface area contributed by atoms with Crippen molar-refractivity contribution in [3.8, 4) is 0 Å². The van der Waals surface area contributed by atoms with Crippen LogP contribution in [0.3, 0.4) is 0 Å². The highest BCUT2D eigenvalue weighted by Gasteiger charge is 2.35. The van der Waals surface area contributed by atoms with Crippen molar-refractivity contribution in [1.82, 2.24) is 14.8 Å². The molecular weight excluding hydrogens is 290 g/mol. The SMILES string of the molecule is COC(C)(C)C(=O)C(Cc1ccc(Cl)cc1)n1cncn1. The Labute approximate surface area is 128 Å². The summed E-state index contributed by atoms with van der Waals surface area (Å²) >= 11 is 5.89. The van der Waals surface area contributed by atoms with Gasteiger partial charge in [-0.3, -0.25) is 4.79 Å². The maximum atomic E-state index is 12.7. The van der Waals surface area contributed by atoms with Gasteiger partial charge >= 0.3 is 0 Å². The van der Waals surface area contributed by atoms with Crippen LogP contribution in [0.2, 0.25) is 5.02 Å². The number of ether oxygens (including phenoxy) is 1. The minimum atomic E-state index is -0.886. The summed E-state index contributed by atoms with van der Waals surface area (Å²) in [6.07, 6.45) is 3.47. The monoisotopic (exact) mass is 307 g/mol. The third-order valence-electron chi connectivity index (χ3n) is 3.50. The molecule has 0 fully saturated rings. The van der Waals surface area contributed by atoms with Gasteiger partial charge in [-0.15, -0.1) is 0 Å². The van der Waals surface area contributed by atoms with Crippen LogP contribution >= 0.6 is 11.6 Å². The van der Waals surface area contributed by atoms with Crippen LogP contribution in [0.15, 0.2) is 36.9 Å². The molecule has 112 valence electrons. The Morgan fingerprint density at radius 3 is 2.57 bits per heavy atom. The molecule has 0 aliphatic rings. The molecule has 1 unspecified atom stereocenters. The van der Waals surface area contributed by atoms with Crippen LogP contribution in [0.4, 0.5) is 0 Å². The molecule has 0 saturated carbocycles. The minimum Gasteiger partial charge on any atom is -0.371 e. The standard InChI is InChI=1S/C15H18ClN3O2/c1-15(2,21-3)14(20)13(19-10-17-9-18-19)8-11-4-6-12(16)7-5-11/h4-7,9-10,13H,8H2,1-3H3. The number of ketones is 1. The van der Waals surface area contributed by atoms with Gasteiger partial charge < -0.3 is 4.74 Å². The highest BCUT2D eigenvalue weighted by atomic mass is 35.5. The van der Waals surface area contributed by atoms with E-state index in [-0.39, 0.29) is 5.78 Å². The van der Waals surface area contributed by atoms with Gasteiger partial charge in [0, 0.05) is 18.6 Å². The van der Waals surface area contributed by atoms with Crippen molar-refractivity contribution < 1.29 is 9.53 Å². The first-order chi connectivity index (χ1) is 9.94. The predicted octanol–water partition coefficient (Wildman–Crippen LogP) is 2.71. The van der Waals surface area contributed by atoms with Gasteiger partial charge in [-0.25, -0.2) is 9.67 Å². The number of aromatic nitrogens is 3. The molecule has 0 spiro atoms. The third-order valence-corrected chi connectivity index (χ3v) is 3.76. The van der Waals surface area contributed by atoms with Crippen LogP contribution in [0, 0.1) is 0 Å². The van der Waals surface area contributed by atoms with E-state index in [0.717, 1.165) is 5.56 Å². The van der Waals surface area contributed by atoms with Crippen LogP contribution in [-0.2, 0) is 16.0 Å². The summed E-state index contributed by atoms with van der Waals surface area (Å²) in [4.78, 5) is 16.7. The fourth-order valence-corrected chi connectivity index (χ4v) is 2.16. The first kappa shape index (κ1) is 15.7. The molecule has 0 bridgehead atoms. The molecule has 0 amide bonds. The lowest BCUT2D eigenvalue weighted by Gasteiger charge is -2.27. The van der Waals surface area contributed by atoms with Gasteiger partial charge in [0.2, 0.25) is 0 Å². The normalized spacial score (nSPS) is 13.1. The fourth-order valence-electron chi connectivity index (χ4n) is 2.03. The number of benzene rings is 1. The van der Waals surface area contributed by atoms with Crippen molar-refractivity contribution in [3.05, 3.63) is 47.5 Å². The Bertz CT molecular complexity index is 594. The number of carbonyl (C=O) groups is 1. The third kappa shape index (κ3) is 3.68. The van der Waals surface area contributed by atoms with Gasteiger partial charge in [-0.1, -0.05) is 23.7 Å². The fraction of sp³-hybridized carbons (Fsp3) is 0.400. The average molecular weight is 308 g/mol. The first-order valence-corrected chi connectivity index (χ1v) is 7.00. The summed E-state index contributed by atoms with van der Waals surface area (Å²) in [6.45, 7) is 3.50. The maximum absolute atomic E-state index is 12.7. The maximum Gasteiger partial charge on any atom is 0.188 e. The van der Waals surface area contributed by atoms with Crippen LogP contribution in [0.25, 0.3) is 0 Å². The molecule has 6 heteroatoms. The number of hydrogen-bond donors (Lipinski definition) is 0. The number of Topliss-reactive ketones (excluding diaryl/α,β-unsaturated/α-hetero) is 1. The molecule has 1 heterocycles. The van der Waals surface area contributed by atoms with Crippen molar-refractivity contribution >= 4 is 17.4 Å². The van der Waals surface area contributed by atoms with E-state index < -0.39 is 11.6 Å². The van der Waals surface area contributed by atoms with Gasteiger partial charge in [-0.2, -0.15) is 5.10 Å². The zero-order valence-corrected chi connectivity index (χ0v) is 13.0. The quantitative estimate of drug-likeness (QED) is 0.823. The number of halogens is 1. The second-order valence-electron chi connectivity index (χ2n) is 5.30. The number of carbonyl (C=O) groups excluding carboxylic acids is 1. The highest BCUT2D eigenvalue weighted by molar-refractivity contribution is 6.30. The van der Waals surface area contributed by atoms with E-state index in [1.165, 1.54) is 13.4 Å². The first-order valence-electron chi connectivity index (χ1n) is 6.62. The van der Waals surface area contributed by atoms with E-state index in [4.69, 9.17) is 16.3 Å². The second kappa shape index (κ2) is 6.37. The smallest absolute Gasteiger partial charge is 0.188 e. The van der Waals surface area contributed by atoms with Crippen molar-refractivity contribution in [2.24, 2.45) is 0 Å². The number of rotatable bonds is 6. The van der Waals surface area contributed by atoms with Gasteiger partial charge in [0.15, 0.2) is 5.78 Å². The Kier molecular flexibility index (Phi) is 4.75. The van der Waals surface area contributed by atoms with Crippen LogP contribution in [0.1, 0.15) is 25.5 Å². The van der Waals surface area contributed by atoms with Gasteiger partial charge in [0.25, 0.3) is 0 Å². The zero-order valence-electron chi connectivity index (χ0n) is 12.3. The Balaban J connectivity index is 2.29. The van der Waals surface area contributed by atoms with Crippen LogP contribution in [0.5, 0.6) is 0 Å². The predicted molar refractivity (Wildman–Crippen MR) is 80.3 cm³/mol. The molecule has 21 heavy (non-hydrogen) atoms. The molecule has 1 aromatic carbocycles. The van der Waals surface area contributed by atoms with Gasteiger partial charge in [0.1, 0.15) is 24.3 Å². The Hall–Kier alpha value is -1.72. The molecule has 0 radical (unpaired) electrons. The summed E-state index contributed by atoms with van der Waals surface area (Å²) in [5.41, 5.74) is 0.114. The zero-order chi connectivity index (χ0) is 15.5. The largest absolute Gasteiger partial charge is 0.371 e. The van der Waals surface area contributed by atoms with Crippen molar-refractivity contribution in [3.63, 3.8) is 0 Å². The van der Waals surface area contributed by atoms with E-state index in [9.17, 15) is 4.79 Å². The van der Waals surface area contributed by atoms with E-state index in [2.05, 4.69) is 10.1 Å². The van der Waals surface area contributed by atoms with E-state index in [0.29, 0.717) is 11.4 Å². The second-order valence-corrected chi connectivity index (χ2v) is 5.74. The molecule has 0 saturated heterocycles. The summed E-state index contributed by atoms with van der Waals surface area (Å²) in [7, 11) is 1.53. The van der Waals surface area contributed by atoms with Gasteiger partial charge in [-0.05, 0) is 31.5 Å². The van der Waals surface area contributed by atoms with E-state index in [1.807, 2.05) is 12.1 Å². The number of methoxy groups -OCH3 is 1. The summed E-state index contributed by atoms with van der Waals surface area (Å²) in [6, 6.07) is 6.95. The molecule has 2 rings (SSSR count). The minimum absolute atomic E-state index is 0.0505. The Morgan fingerprint density at radius 2 is 2.05 bits per heavy atom. The number of nitrogens with zero attached hydrogens (tertiary/aromatic N) is 3. The summed E-state index contributed by atoms with van der Waals surface area (Å²) in [5, 5.41) is 4.77. The molecule has 2 aromatic rings. The topological polar surface area (TPSA) is 57.0 Å². The van der Waals surface area contributed by atoms with Crippen molar-refractivity contribution in [2.45, 2.75) is 31.9 Å². The lowest BCUT2D eigenvalue weighted by molar-refractivity contribution is -0.141. The van der Waals surface area contributed by atoms with Crippen LogP contribution < -0.4 is 0 Å². The summed E-state index contributed by atoms with van der Waals surface area (Å²) in [5.74, 6) is -0.0505. The number of hydrogen-bond acceptors (Lipinski definition) is 4. The molecule has 1 atom stereocenters. The van der Waals surface area contributed by atoms with Crippen LogP contribution in [-0.4, -0.2) is 33.3 Å². The Morgan fingerprint density at radius 1 is 1.38 bits per heavy atom. The van der Waals surface area contributed by atoms with Crippen molar-refractivity contribution in [1.29, 1.82) is 0 Å². The molecule has 0 N–H and O–H groups in total. The highest BCUT2D eigenvalue weighted by Crippen LogP contribution is 2.23. The van der Waals surface area contributed by atoms with Gasteiger partial charge in [0.05, 0.1) is 0 Å². The molecule has 1 aromatic heterocycles. The van der Waals surface area contributed by atoms with Crippen molar-refractivity contribution in [2.75, 3.05) is 7.11 Å². The molecular formula is C15H18ClN3O2. The molecule has 0 aliphatic heterocycles. The van der Waals surface area contributed by atoms with E-state index in [1.54, 1.807) is 37.0 Å². The van der Waals surface area contributed by atoms with E-state index >= 15 is 0 Å². The molecule has 0 aliphatic carbocycles. The lowest BCUT2D eigenvalue weighted by atomic mass is 9.92. The average Bonchev–Trinajstić information content (AvgIpc) is 3.00. The lowest BCUT2D eigenvalue weighted by Crippen LogP contribution is -2.40. The summed E-state index contributed by atoms with van der Waals surface area (Å²) < 4.78 is 6.87. The molecule has 5 nitrogen and oxygen atoms in total.